The van der Waals surface area contributed by atoms with E-state index in [2.05, 4.69) is 22.0 Å². The normalized spacial score (nSPS) is 27.0. The maximum Gasteiger partial charge on any atom is 0.126 e. The van der Waals surface area contributed by atoms with E-state index in [9.17, 15) is 10.2 Å². The molecule has 3 rings (SSSR count). The minimum Gasteiger partial charge on any atom is -0.496 e. The van der Waals surface area contributed by atoms with Crippen LogP contribution in [-0.2, 0) is 0 Å². The summed E-state index contributed by atoms with van der Waals surface area (Å²) in [7, 11) is 1.69. The lowest BCUT2D eigenvalue weighted by molar-refractivity contribution is -0.0314. The van der Waals surface area contributed by atoms with E-state index in [1.807, 2.05) is 24.3 Å². The topological polar surface area (TPSA) is 56.2 Å². The van der Waals surface area contributed by atoms with Crippen LogP contribution in [0.5, 0.6) is 5.75 Å². The molecule has 5 nitrogen and oxygen atoms in total. The Labute approximate surface area is 150 Å². The number of hydrogen-bond acceptors (Lipinski definition) is 5. The molecule has 0 spiro atoms. The van der Waals surface area contributed by atoms with Crippen LogP contribution in [0.4, 0.5) is 0 Å². The van der Waals surface area contributed by atoms with Gasteiger partial charge in [0, 0.05) is 44.3 Å². The number of likely N-dealkylation sites (tertiary alicyclic amines) is 2. The van der Waals surface area contributed by atoms with Crippen molar-refractivity contribution in [2.75, 3.05) is 39.8 Å². The van der Waals surface area contributed by atoms with Crippen LogP contribution in [0.3, 0.4) is 0 Å². The summed E-state index contributed by atoms with van der Waals surface area (Å²) in [6, 6.07) is 8.22. The number of methoxy groups -OCH3 is 1. The molecule has 0 radical (unpaired) electrons. The summed E-state index contributed by atoms with van der Waals surface area (Å²) < 4.78 is 5.37. The van der Waals surface area contributed by atoms with Crippen molar-refractivity contribution in [3.8, 4) is 5.75 Å². The van der Waals surface area contributed by atoms with Gasteiger partial charge in [-0.15, -0.1) is 0 Å². The van der Waals surface area contributed by atoms with Crippen LogP contribution < -0.4 is 4.74 Å². The van der Waals surface area contributed by atoms with Gasteiger partial charge in [0.1, 0.15) is 5.75 Å². The molecule has 2 N–H and O–H groups in total. The smallest absolute Gasteiger partial charge is 0.126 e. The molecule has 1 aromatic rings. The van der Waals surface area contributed by atoms with Gasteiger partial charge in [-0.05, 0) is 25.3 Å². The molecule has 2 aliphatic heterocycles. The van der Waals surface area contributed by atoms with Crippen LogP contribution in [0.15, 0.2) is 30.3 Å². The van der Waals surface area contributed by atoms with Gasteiger partial charge in [-0.1, -0.05) is 30.4 Å². The molecule has 0 saturated carbocycles. The van der Waals surface area contributed by atoms with E-state index in [1.54, 1.807) is 7.11 Å². The molecule has 0 aliphatic carbocycles. The van der Waals surface area contributed by atoms with Crippen LogP contribution in [0.25, 0.3) is 6.08 Å². The summed E-state index contributed by atoms with van der Waals surface area (Å²) in [5, 5.41) is 20.2. The van der Waals surface area contributed by atoms with E-state index in [4.69, 9.17) is 4.74 Å². The second kappa shape index (κ2) is 8.81. The Bertz CT molecular complexity index is 570. The first-order chi connectivity index (χ1) is 12.2. The van der Waals surface area contributed by atoms with Gasteiger partial charge in [0.25, 0.3) is 0 Å². The zero-order valence-corrected chi connectivity index (χ0v) is 15.1. The number of piperidine rings is 2. The summed E-state index contributed by atoms with van der Waals surface area (Å²) in [5.41, 5.74) is 1.08. The van der Waals surface area contributed by atoms with Crippen molar-refractivity contribution < 1.29 is 14.9 Å². The summed E-state index contributed by atoms with van der Waals surface area (Å²) >= 11 is 0. The highest BCUT2D eigenvalue weighted by atomic mass is 16.5. The zero-order chi connectivity index (χ0) is 17.6. The van der Waals surface area contributed by atoms with Crippen molar-refractivity contribution in [3.05, 3.63) is 35.9 Å². The van der Waals surface area contributed by atoms with Gasteiger partial charge < -0.3 is 14.9 Å². The quantitative estimate of drug-likeness (QED) is 0.848. The average molecular weight is 346 g/mol. The van der Waals surface area contributed by atoms with Gasteiger partial charge in [0.2, 0.25) is 0 Å². The van der Waals surface area contributed by atoms with Crippen molar-refractivity contribution in [2.45, 2.75) is 37.5 Å². The fourth-order valence-corrected chi connectivity index (χ4v) is 3.93. The number of benzene rings is 1. The summed E-state index contributed by atoms with van der Waals surface area (Å²) in [5.74, 6) is 0.879. The Kier molecular flexibility index (Phi) is 6.48. The zero-order valence-electron chi connectivity index (χ0n) is 15.1. The molecule has 5 heteroatoms. The Hall–Kier alpha value is -1.40. The molecular formula is C20H30N2O3. The molecule has 2 atom stereocenters. The highest BCUT2D eigenvalue weighted by Gasteiger charge is 2.33. The van der Waals surface area contributed by atoms with Crippen LogP contribution in [0.1, 0.15) is 24.8 Å². The van der Waals surface area contributed by atoms with Crippen molar-refractivity contribution in [2.24, 2.45) is 0 Å². The molecule has 2 heterocycles. The van der Waals surface area contributed by atoms with E-state index in [0.717, 1.165) is 56.8 Å². The number of aliphatic hydroxyl groups excluding tert-OH is 2. The lowest BCUT2D eigenvalue weighted by Gasteiger charge is -2.43. The molecule has 2 saturated heterocycles. The number of nitrogens with zero attached hydrogens (tertiary/aromatic N) is 2. The van der Waals surface area contributed by atoms with Gasteiger partial charge in [0.15, 0.2) is 0 Å². The number of hydrogen-bond donors (Lipinski definition) is 2. The SMILES string of the molecule is COc1ccccc1C=CCN1CC[C@@H](N2CCC(O)CC2)[C@H](O)C1. The summed E-state index contributed by atoms with van der Waals surface area (Å²) in [6.07, 6.45) is 6.39. The fourth-order valence-electron chi connectivity index (χ4n) is 3.93. The van der Waals surface area contributed by atoms with E-state index < -0.39 is 0 Å². The maximum atomic E-state index is 10.6. The molecule has 2 aliphatic rings. The van der Waals surface area contributed by atoms with E-state index >= 15 is 0 Å². The van der Waals surface area contributed by atoms with Gasteiger partial charge in [-0.3, -0.25) is 9.80 Å². The minimum atomic E-state index is -0.316. The standard InChI is InChI=1S/C20H30N2O3/c1-25-20-7-3-2-5-16(20)6-4-11-21-12-10-18(19(24)15-21)22-13-8-17(23)9-14-22/h2-7,17-19,23-24H,8-15H2,1H3/t18-,19-/m1/s1. The van der Waals surface area contributed by atoms with Crippen molar-refractivity contribution in [1.29, 1.82) is 0 Å². The first kappa shape index (κ1) is 18.4. The third kappa shape index (κ3) is 4.82. The first-order valence-electron chi connectivity index (χ1n) is 9.29. The predicted octanol–water partition coefficient (Wildman–Crippen LogP) is 1.60. The van der Waals surface area contributed by atoms with Crippen molar-refractivity contribution in [3.63, 3.8) is 0 Å². The molecule has 0 unspecified atom stereocenters. The Morgan fingerprint density at radius 1 is 1.12 bits per heavy atom. The number of β-amino-alcohol motifs (C(OH)–C–C–N with tert-alkyl or cyclic N) is 1. The van der Waals surface area contributed by atoms with Crippen LogP contribution in [0, 0.1) is 0 Å². The molecule has 0 aromatic heterocycles. The molecule has 2 fully saturated rings. The van der Waals surface area contributed by atoms with E-state index in [0.29, 0.717) is 6.54 Å². The maximum absolute atomic E-state index is 10.6. The summed E-state index contributed by atoms with van der Waals surface area (Å²) in [4.78, 5) is 4.66. The Morgan fingerprint density at radius 2 is 1.88 bits per heavy atom. The second-order valence-corrected chi connectivity index (χ2v) is 7.09. The minimum absolute atomic E-state index is 0.159. The fraction of sp³-hybridized carbons (Fsp3) is 0.600. The largest absolute Gasteiger partial charge is 0.496 e. The lowest BCUT2D eigenvalue weighted by Crippen LogP contribution is -2.56. The lowest BCUT2D eigenvalue weighted by atomic mass is 9.96. The molecule has 1 aromatic carbocycles. The summed E-state index contributed by atoms with van der Waals surface area (Å²) in [6.45, 7) is 4.34. The first-order valence-corrected chi connectivity index (χ1v) is 9.29. The van der Waals surface area contributed by atoms with Crippen LogP contribution in [0.2, 0.25) is 0 Å². The van der Waals surface area contributed by atoms with Gasteiger partial charge >= 0.3 is 0 Å². The van der Waals surface area contributed by atoms with Gasteiger partial charge in [-0.25, -0.2) is 0 Å². The van der Waals surface area contributed by atoms with Gasteiger partial charge in [-0.2, -0.15) is 0 Å². The molecule has 0 bridgehead atoms. The highest BCUT2D eigenvalue weighted by molar-refractivity contribution is 5.57. The van der Waals surface area contributed by atoms with Crippen LogP contribution in [-0.4, -0.2) is 78.1 Å². The molecule has 138 valence electrons. The Balaban J connectivity index is 1.49. The molecule has 0 amide bonds. The van der Waals surface area contributed by atoms with E-state index in [-0.39, 0.29) is 18.2 Å². The number of ether oxygens (including phenoxy) is 1. The highest BCUT2D eigenvalue weighted by Crippen LogP contribution is 2.22. The predicted molar refractivity (Wildman–Crippen MR) is 99.7 cm³/mol. The van der Waals surface area contributed by atoms with Crippen LogP contribution >= 0.6 is 0 Å². The number of aliphatic hydroxyl groups is 2. The average Bonchev–Trinajstić information content (AvgIpc) is 2.63. The third-order valence-corrected chi connectivity index (χ3v) is 5.40. The van der Waals surface area contributed by atoms with Crippen molar-refractivity contribution in [1.82, 2.24) is 9.80 Å². The Morgan fingerprint density at radius 3 is 2.60 bits per heavy atom. The third-order valence-electron chi connectivity index (χ3n) is 5.40. The number of para-hydroxylation sites is 1. The van der Waals surface area contributed by atoms with Crippen molar-refractivity contribution >= 4 is 6.08 Å². The monoisotopic (exact) mass is 346 g/mol. The molecule has 25 heavy (non-hydrogen) atoms. The number of rotatable bonds is 5. The van der Waals surface area contributed by atoms with Gasteiger partial charge in [0.05, 0.1) is 19.3 Å². The second-order valence-electron chi connectivity index (χ2n) is 7.09. The molecular weight excluding hydrogens is 316 g/mol. The van der Waals surface area contributed by atoms with E-state index in [1.165, 1.54) is 0 Å².